The predicted octanol–water partition coefficient (Wildman–Crippen LogP) is 2.08. The Morgan fingerprint density at radius 3 is 2.32 bits per heavy atom. The minimum absolute atomic E-state index is 0.219. The molecule has 0 aliphatic carbocycles. The lowest BCUT2D eigenvalue weighted by Gasteiger charge is -2.12. The fraction of sp³-hybridized carbons (Fsp3) is 0.318. The van der Waals surface area contributed by atoms with Gasteiger partial charge in [-0.1, -0.05) is 19.1 Å². The second kappa shape index (κ2) is 9.84. The summed E-state index contributed by atoms with van der Waals surface area (Å²) in [5.74, 6) is -0.104. The van der Waals surface area contributed by atoms with E-state index in [1.807, 2.05) is 32.0 Å². The van der Waals surface area contributed by atoms with Crippen LogP contribution in [0, 0.1) is 0 Å². The van der Waals surface area contributed by atoms with Crippen molar-refractivity contribution in [2.24, 2.45) is 0 Å². The minimum atomic E-state index is -0.521. The lowest BCUT2D eigenvalue weighted by Crippen LogP contribution is -2.44. The highest BCUT2D eigenvalue weighted by atomic mass is 16.5. The van der Waals surface area contributed by atoms with Gasteiger partial charge in [0, 0.05) is 12.1 Å². The second-order valence-electron chi connectivity index (χ2n) is 6.81. The van der Waals surface area contributed by atoms with Crippen molar-refractivity contribution in [2.45, 2.75) is 33.4 Å². The van der Waals surface area contributed by atoms with Crippen LogP contribution in [0.25, 0.3) is 11.0 Å². The highest BCUT2D eigenvalue weighted by Crippen LogP contribution is 2.27. The monoisotopic (exact) mass is 426 g/mol. The number of para-hydroxylation sites is 2. The number of hydrogen-bond donors (Lipinski definition) is 2. The fourth-order valence-electron chi connectivity index (χ4n) is 3.33. The maximum Gasteiger partial charge on any atom is 0.329 e. The molecule has 3 rings (SSSR count). The van der Waals surface area contributed by atoms with Gasteiger partial charge in [-0.3, -0.25) is 29.6 Å². The fourth-order valence-corrected chi connectivity index (χ4v) is 3.33. The average molecular weight is 426 g/mol. The summed E-state index contributed by atoms with van der Waals surface area (Å²) in [6.07, 6.45) is 0.793. The molecule has 3 aromatic rings. The molecule has 1 aromatic heterocycles. The summed E-state index contributed by atoms with van der Waals surface area (Å²) in [4.78, 5) is 37.6. The second-order valence-corrected chi connectivity index (χ2v) is 6.81. The van der Waals surface area contributed by atoms with Gasteiger partial charge in [-0.25, -0.2) is 4.79 Å². The third-order valence-corrected chi connectivity index (χ3v) is 4.72. The minimum Gasteiger partial charge on any atom is -0.493 e. The highest BCUT2D eigenvalue weighted by Gasteiger charge is 2.16. The van der Waals surface area contributed by atoms with E-state index in [0.29, 0.717) is 30.2 Å². The summed E-state index contributed by atoms with van der Waals surface area (Å²) in [6, 6.07) is 12.0. The molecular weight excluding hydrogens is 400 g/mol. The molecule has 1 heterocycles. The molecule has 2 N–H and O–H groups in total. The highest BCUT2D eigenvalue weighted by molar-refractivity contribution is 5.96. The molecule has 0 radical (unpaired) electrons. The first kappa shape index (κ1) is 21.9. The number of nitrogens with zero attached hydrogens (tertiary/aromatic N) is 2. The number of nitrogens with one attached hydrogen (secondary N) is 2. The van der Waals surface area contributed by atoms with Gasteiger partial charge in [-0.15, -0.1) is 0 Å². The van der Waals surface area contributed by atoms with Gasteiger partial charge in [0.15, 0.2) is 11.5 Å². The summed E-state index contributed by atoms with van der Waals surface area (Å²) in [7, 11) is 1.48. The number of rotatable bonds is 8. The Kier molecular flexibility index (Phi) is 6.96. The van der Waals surface area contributed by atoms with Crippen LogP contribution in [-0.2, 0) is 17.9 Å². The molecule has 31 heavy (non-hydrogen) atoms. The number of aryl methyl sites for hydroxylation is 1. The van der Waals surface area contributed by atoms with Crippen LogP contribution in [-0.4, -0.2) is 34.7 Å². The summed E-state index contributed by atoms with van der Waals surface area (Å²) in [5.41, 5.74) is 6.19. The van der Waals surface area contributed by atoms with Crippen LogP contribution in [0.15, 0.2) is 47.3 Å². The largest absolute Gasteiger partial charge is 0.493 e. The van der Waals surface area contributed by atoms with Crippen molar-refractivity contribution in [3.63, 3.8) is 0 Å². The van der Waals surface area contributed by atoms with E-state index in [-0.39, 0.29) is 17.8 Å². The van der Waals surface area contributed by atoms with E-state index < -0.39 is 11.8 Å². The van der Waals surface area contributed by atoms with Crippen molar-refractivity contribution in [2.75, 3.05) is 13.7 Å². The number of amides is 2. The molecular formula is C22H26N4O5. The summed E-state index contributed by atoms with van der Waals surface area (Å²) < 4.78 is 13.7. The summed E-state index contributed by atoms with van der Waals surface area (Å²) in [6.45, 7) is 4.64. The van der Waals surface area contributed by atoms with Gasteiger partial charge in [0.25, 0.3) is 11.8 Å². The molecule has 0 spiro atoms. The van der Waals surface area contributed by atoms with Crippen LogP contribution in [0.1, 0.15) is 30.6 Å². The molecule has 0 aliphatic rings. The smallest absolute Gasteiger partial charge is 0.329 e. The average Bonchev–Trinajstić information content (AvgIpc) is 3.04. The number of carbonyl (C=O) groups is 2. The number of benzene rings is 2. The number of imidazole rings is 1. The van der Waals surface area contributed by atoms with E-state index >= 15 is 0 Å². The van der Waals surface area contributed by atoms with E-state index in [1.54, 1.807) is 22.8 Å². The van der Waals surface area contributed by atoms with Crippen molar-refractivity contribution >= 4 is 22.8 Å². The van der Waals surface area contributed by atoms with E-state index in [1.165, 1.54) is 17.7 Å². The number of carbonyl (C=O) groups excluding carboxylic acids is 2. The van der Waals surface area contributed by atoms with Crippen LogP contribution in [0.5, 0.6) is 11.5 Å². The van der Waals surface area contributed by atoms with Crippen LogP contribution >= 0.6 is 0 Å². The number of hydrazine groups is 1. The Labute approximate surface area is 179 Å². The summed E-state index contributed by atoms with van der Waals surface area (Å²) >= 11 is 0. The normalized spacial score (nSPS) is 10.7. The topological polar surface area (TPSA) is 104 Å². The predicted molar refractivity (Wildman–Crippen MR) is 116 cm³/mol. The Morgan fingerprint density at radius 2 is 1.68 bits per heavy atom. The van der Waals surface area contributed by atoms with E-state index in [2.05, 4.69) is 10.9 Å². The van der Waals surface area contributed by atoms with Crippen molar-refractivity contribution in [1.29, 1.82) is 0 Å². The van der Waals surface area contributed by atoms with Crippen LogP contribution in [0.3, 0.4) is 0 Å². The first-order chi connectivity index (χ1) is 15.0. The molecule has 2 amide bonds. The molecule has 0 bridgehead atoms. The lowest BCUT2D eigenvalue weighted by atomic mass is 10.2. The SMILES string of the molecule is CCCn1c(=O)n(CC(=O)NNC(=O)c2ccc(OCC)c(OC)c2)c2ccccc21. The summed E-state index contributed by atoms with van der Waals surface area (Å²) in [5, 5.41) is 0. The molecule has 0 unspecified atom stereocenters. The maximum absolute atomic E-state index is 12.8. The Balaban J connectivity index is 1.70. The molecule has 0 saturated heterocycles. The van der Waals surface area contributed by atoms with Gasteiger partial charge in [-0.05, 0) is 43.7 Å². The van der Waals surface area contributed by atoms with Gasteiger partial charge in [0.1, 0.15) is 6.54 Å². The molecule has 164 valence electrons. The number of hydrogen-bond acceptors (Lipinski definition) is 5. The van der Waals surface area contributed by atoms with Crippen molar-refractivity contribution in [3.05, 3.63) is 58.5 Å². The molecule has 0 atom stereocenters. The Bertz CT molecular complexity index is 1150. The van der Waals surface area contributed by atoms with Gasteiger partial charge < -0.3 is 9.47 Å². The number of aromatic nitrogens is 2. The van der Waals surface area contributed by atoms with E-state index in [9.17, 15) is 14.4 Å². The molecule has 0 saturated carbocycles. The standard InChI is InChI=1S/C22H26N4O5/c1-4-12-25-16-8-6-7-9-17(16)26(22(25)29)14-20(27)23-24-21(28)15-10-11-18(31-5-2)19(13-15)30-3/h6-11,13H,4-5,12,14H2,1-3H3,(H,23,27)(H,24,28). The third kappa shape index (κ3) is 4.71. The third-order valence-electron chi connectivity index (χ3n) is 4.72. The zero-order valence-corrected chi connectivity index (χ0v) is 17.8. The van der Waals surface area contributed by atoms with Gasteiger partial charge in [-0.2, -0.15) is 0 Å². The van der Waals surface area contributed by atoms with E-state index in [0.717, 1.165) is 11.9 Å². The molecule has 9 nitrogen and oxygen atoms in total. The first-order valence-electron chi connectivity index (χ1n) is 10.1. The van der Waals surface area contributed by atoms with Crippen molar-refractivity contribution in [1.82, 2.24) is 20.0 Å². The van der Waals surface area contributed by atoms with Crippen molar-refractivity contribution < 1.29 is 19.1 Å². The number of ether oxygens (including phenoxy) is 2. The number of methoxy groups -OCH3 is 1. The zero-order chi connectivity index (χ0) is 22.4. The van der Waals surface area contributed by atoms with Crippen LogP contribution < -0.4 is 26.0 Å². The Hall–Kier alpha value is -3.75. The molecule has 9 heteroatoms. The zero-order valence-electron chi connectivity index (χ0n) is 17.8. The number of fused-ring (bicyclic) bond motifs is 1. The van der Waals surface area contributed by atoms with Gasteiger partial charge in [0.05, 0.1) is 24.8 Å². The van der Waals surface area contributed by atoms with Gasteiger partial charge >= 0.3 is 5.69 Å². The Morgan fingerprint density at radius 1 is 0.968 bits per heavy atom. The molecule has 2 aromatic carbocycles. The van der Waals surface area contributed by atoms with Crippen LogP contribution in [0.2, 0.25) is 0 Å². The van der Waals surface area contributed by atoms with Crippen molar-refractivity contribution in [3.8, 4) is 11.5 Å². The van der Waals surface area contributed by atoms with Crippen LogP contribution in [0.4, 0.5) is 0 Å². The lowest BCUT2D eigenvalue weighted by molar-refractivity contribution is -0.122. The first-order valence-corrected chi connectivity index (χ1v) is 10.1. The molecule has 0 aliphatic heterocycles. The molecule has 0 fully saturated rings. The maximum atomic E-state index is 12.8. The van der Waals surface area contributed by atoms with Gasteiger partial charge in [0.2, 0.25) is 0 Å². The van der Waals surface area contributed by atoms with E-state index in [4.69, 9.17) is 9.47 Å². The quantitative estimate of drug-likeness (QED) is 0.537.